The molecule has 0 bridgehead atoms. The van der Waals surface area contributed by atoms with E-state index in [1.807, 2.05) is 0 Å². The molecule has 0 saturated heterocycles. The van der Waals surface area contributed by atoms with Gasteiger partial charge in [0.15, 0.2) is 0 Å². The quantitative estimate of drug-likeness (QED) is 0.692. The van der Waals surface area contributed by atoms with Gasteiger partial charge in [-0.25, -0.2) is 0 Å². The molecule has 0 N–H and O–H groups in total. The van der Waals surface area contributed by atoms with E-state index in [2.05, 4.69) is 0 Å². The second kappa shape index (κ2) is 6.42. The van der Waals surface area contributed by atoms with E-state index in [0.29, 0.717) is 0 Å². The number of hydrogen-bond acceptors (Lipinski definition) is 2. The van der Waals surface area contributed by atoms with Gasteiger partial charge in [-0.3, -0.25) is 4.79 Å². The van der Waals surface area contributed by atoms with Gasteiger partial charge in [-0.05, 0) is 43.9 Å². The molecule has 2 rings (SSSR count). The first-order valence-corrected chi connectivity index (χ1v) is 7.41. The molecule has 0 aliphatic heterocycles. The van der Waals surface area contributed by atoms with Crippen LogP contribution in [-0.2, 0) is 9.53 Å². The molecule has 0 amide bonds. The van der Waals surface area contributed by atoms with Crippen molar-refractivity contribution < 1.29 is 9.53 Å². The molecule has 0 spiro atoms. The Morgan fingerprint density at radius 3 is 2.12 bits per heavy atom. The highest BCUT2D eigenvalue weighted by atomic mass is 16.5. The Hall–Kier alpha value is -0.530. The zero-order valence-electron chi connectivity index (χ0n) is 11.1. The second-order valence-electron chi connectivity index (χ2n) is 5.99. The van der Waals surface area contributed by atoms with Gasteiger partial charge in [-0.2, -0.15) is 0 Å². The molecule has 2 saturated carbocycles. The average Bonchev–Trinajstić information content (AvgIpc) is 2.32. The van der Waals surface area contributed by atoms with Crippen LogP contribution in [0, 0.1) is 11.8 Å². The average molecular weight is 238 g/mol. The molecular formula is C15H26O2. The van der Waals surface area contributed by atoms with Gasteiger partial charge in [-0.15, -0.1) is 0 Å². The Bertz CT molecular complexity index is 235. The SMILES string of the molecule is CC(=O)OC1CCC(CC2CCCCC2)CC1. The van der Waals surface area contributed by atoms with E-state index in [4.69, 9.17) is 4.74 Å². The third-order valence-corrected chi connectivity index (χ3v) is 4.52. The lowest BCUT2D eigenvalue weighted by Crippen LogP contribution is -2.25. The Morgan fingerprint density at radius 1 is 0.941 bits per heavy atom. The Morgan fingerprint density at radius 2 is 1.53 bits per heavy atom. The Balaban J connectivity index is 1.66. The standard InChI is InChI=1S/C15H26O2/c1-12(16)17-15-9-7-14(8-10-15)11-13-5-3-2-4-6-13/h13-15H,2-11H2,1H3. The third kappa shape index (κ3) is 4.33. The monoisotopic (exact) mass is 238 g/mol. The van der Waals surface area contributed by atoms with Crippen LogP contribution in [0.2, 0.25) is 0 Å². The Kier molecular flexibility index (Phi) is 4.87. The summed E-state index contributed by atoms with van der Waals surface area (Å²) in [7, 11) is 0. The summed E-state index contributed by atoms with van der Waals surface area (Å²) in [6.07, 6.45) is 13.7. The summed E-state index contributed by atoms with van der Waals surface area (Å²) in [5.41, 5.74) is 0. The zero-order chi connectivity index (χ0) is 12.1. The van der Waals surface area contributed by atoms with E-state index in [9.17, 15) is 4.79 Å². The molecule has 2 fully saturated rings. The van der Waals surface area contributed by atoms with Gasteiger partial charge in [0.25, 0.3) is 0 Å². The van der Waals surface area contributed by atoms with E-state index in [1.54, 1.807) is 0 Å². The van der Waals surface area contributed by atoms with Gasteiger partial charge in [0.05, 0.1) is 0 Å². The van der Waals surface area contributed by atoms with Crippen LogP contribution < -0.4 is 0 Å². The molecule has 0 unspecified atom stereocenters. The molecule has 2 aliphatic carbocycles. The minimum Gasteiger partial charge on any atom is -0.463 e. The second-order valence-corrected chi connectivity index (χ2v) is 5.99. The minimum atomic E-state index is -0.110. The largest absolute Gasteiger partial charge is 0.463 e. The van der Waals surface area contributed by atoms with Crippen molar-refractivity contribution in [3.05, 3.63) is 0 Å². The molecular weight excluding hydrogens is 212 g/mol. The van der Waals surface area contributed by atoms with Crippen LogP contribution in [0.4, 0.5) is 0 Å². The topological polar surface area (TPSA) is 26.3 Å². The molecule has 2 nitrogen and oxygen atoms in total. The first kappa shape index (κ1) is 12.9. The third-order valence-electron chi connectivity index (χ3n) is 4.52. The van der Waals surface area contributed by atoms with Gasteiger partial charge in [0, 0.05) is 6.92 Å². The number of esters is 1. The number of ether oxygens (including phenoxy) is 1. The number of carbonyl (C=O) groups is 1. The molecule has 98 valence electrons. The lowest BCUT2D eigenvalue weighted by molar-refractivity contribution is -0.148. The Labute approximate surface area is 105 Å². The first-order valence-electron chi connectivity index (χ1n) is 7.41. The van der Waals surface area contributed by atoms with E-state index < -0.39 is 0 Å². The van der Waals surface area contributed by atoms with Crippen LogP contribution in [0.25, 0.3) is 0 Å². The van der Waals surface area contributed by atoms with Gasteiger partial charge in [-0.1, -0.05) is 32.1 Å². The normalized spacial score (nSPS) is 31.1. The van der Waals surface area contributed by atoms with Gasteiger partial charge < -0.3 is 4.74 Å². The van der Waals surface area contributed by atoms with Crippen molar-refractivity contribution >= 4 is 5.97 Å². The maximum atomic E-state index is 10.9. The van der Waals surface area contributed by atoms with Gasteiger partial charge >= 0.3 is 5.97 Å². The molecule has 0 heterocycles. The molecule has 0 radical (unpaired) electrons. The van der Waals surface area contributed by atoms with Gasteiger partial charge in [0.2, 0.25) is 0 Å². The molecule has 0 aromatic carbocycles. The summed E-state index contributed by atoms with van der Waals surface area (Å²) in [4.78, 5) is 10.9. The van der Waals surface area contributed by atoms with Crippen molar-refractivity contribution in [2.45, 2.75) is 77.2 Å². The number of hydrogen-bond donors (Lipinski definition) is 0. The van der Waals surface area contributed by atoms with Crippen LogP contribution in [0.15, 0.2) is 0 Å². The molecule has 0 aromatic rings. The highest BCUT2D eigenvalue weighted by Crippen LogP contribution is 2.35. The predicted octanol–water partition coefficient (Wildman–Crippen LogP) is 4.08. The van der Waals surface area contributed by atoms with E-state index in [-0.39, 0.29) is 12.1 Å². The van der Waals surface area contributed by atoms with Gasteiger partial charge in [0.1, 0.15) is 6.10 Å². The summed E-state index contributed by atoms with van der Waals surface area (Å²) in [5, 5.41) is 0. The lowest BCUT2D eigenvalue weighted by atomic mass is 9.77. The van der Waals surface area contributed by atoms with Crippen LogP contribution in [0.5, 0.6) is 0 Å². The predicted molar refractivity (Wildman–Crippen MR) is 68.7 cm³/mol. The minimum absolute atomic E-state index is 0.110. The van der Waals surface area contributed by atoms with Crippen LogP contribution in [0.3, 0.4) is 0 Å². The van der Waals surface area contributed by atoms with Crippen molar-refractivity contribution in [1.29, 1.82) is 0 Å². The van der Waals surface area contributed by atoms with Crippen LogP contribution in [0.1, 0.15) is 71.1 Å². The fourth-order valence-corrected chi connectivity index (χ4v) is 3.61. The van der Waals surface area contributed by atoms with Crippen molar-refractivity contribution in [3.63, 3.8) is 0 Å². The zero-order valence-corrected chi connectivity index (χ0v) is 11.1. The molecule has 2 aliphatic rings. The summed E-state index contributed by atoms with van der Waals surface area (Å²) in [5.74, 6) is 1.80. The summed E-state index contributed by atoms with van der Waals surface area (Å²) in [6, 6.07) is 0. The fourth-order valence-electron chi connectivity index (χ4n) is 3.61. The molecule has 0 aromatic heterocycles. The van der Waals surface area contributed by atoms with Crippen molar-refractivity contribution in [2.75, 3.05) is 0 Å². The summed E-state index contributed by atoms with van der Waals surface area (Å²) >= 11 is 0. The maximum absolute atomic E-state index is 10.9. The highest BCUT2D eigenvalue weighted by Gasteiger charge is 2.25. The molecule has 0 atom stereocenters. The summed E-state index contributed by atoms with van der Waals surface area (Å²) < 4.78 is 5.29. The van der Waals surface area contributed by atoms with E-state index in [0.717, 1.165) is 24.7 Å². The lowest BCUT2D eigenvalue weighted by Gasteiger charge is -2.31. The summed E-state index contributed by atoms with van der Waals surface area (Å²) in [6.45, 7) is 1.52. The van der Waals surface area contributed by atoms with E-state index in [1.165, 1.54) is 58.3 Å². The molecule has 17 heavy (non-hydrogen) atoms. The highest BCUT2D eigenvalue weighted by molar-refractivity contribution is 5.66. The van der Waals surface area contributed by atoms with Crippen LogP contribution in [-0.4, -0.2) is 12.1 Å². The van der Waals surface area contributed by atoms with Crippen molar-refractivity contribution in [1.82, 2.24) is 0 Å². The number of carbonyl (C=O) groups excluding carboxylic acids is 1. The van der Waals surface area contributed by atoms with Crippen molar-refractivity contribution in [2.24, 2.45) is 11.8 Å². The van der Waals surface area contributed by atoms with Crippen molar-refractivity contribution in [3.8, 4) is 0 Å². The van der Waals surface area contributed by atoms with E-state index >= 15 is 0 Å². The first-order chi connectivity index (χ1) is 8.24. The maximum Gasteiger partial charge on any atom is 0.302 e. The van der Waals surface area contributed by atoms with Crippen LogP contribution >= 0.6 is 0 Å². The number of rotatable bonds is 3. The fraction of sp³-hybridized carbons (Fsp3) is 0.933. The molecule has 2 heteroatoms. The smallest absolute Gasteiger partial charge is 0.302 e.